The summed E-state index contributed by atoms with van der Waals surface area (Å²) in [6.45, 7) is 6.60. The first-order chi connectivity index (χ1) is 31.2. The van der Waals surface area contributed by atoms with Gasteiger partial charge in [0, 0.05) is 56.4 Å². The van der Waals surface area contributed by atoms with Crippen molar-refractivity contribution in [3.05, 3.63) is 80.1 Å². The average Bonchev–Trinajstić information content (AvgIpc) is 3.88. The van der Waals surface area contributed by atoms with Crippen LogP contribution in [0, 0.1) is 23.7 Å². The van der Waals surface area contributed by atoms with Gasteiger partial charge in [0.15, 0.2) is 9.84 Å². The molecule has 2 amide bonds. The molecular weight excluding hydrogens is 866 g/mol. The van der Waals surface area contributed by atoms with Crippen LogP contribution in [-0.2, 0) is 26.5 Å². The summed E-state index contributed by atoms with van der Waals surface area (Å²) in [5.74, 6) is 0.156. The van der Waals surface area contributed by atoms with E-state index >= 15 is 0 Å². The highest BCUT2D eigenvalue weighted by atomic mass is 35.5. The monoisotopic (exact) mass is 921 g/mol. The van der Waals surface area contributed by atoms with Crippen molar-refractivity contribution >= 4 is 72.6 Å². The maximum Gasteiger partial charge on any atom is 0.329 e. The Balaban J connectivity index is 0.691. The van der Waals surface area contributed by atoms with E-state index in [1.165, 1.54) is 0 Å². The molecule has 2 unspecified atom stereocenters. The fourth-order valence-corrected chi connectivity index (χ4v) is 14.7. The summed E-state index contributed by atoms with van der Waals surface area (Å²) >= 11 is 6.43. The zero-order valence-corrected chi connectivity index (χ0v) is 38.6. The molecule has 3 aliphatic carbocycles. The SMILES string of the molecule is Cc1cc(S(=O)(=O)C2CC3(CCN(CC4CCN(c5cccc6c5n(C)c(=O)n6C5CCC(=O)NC5=O)CC4)CC3)C2)ccc1Nc1ncc2cc(Cl)c(=O)n(C3CCCC34CC4)c2n1. The molecule has 3 saturated carbocycles. The molecule has 17 heteroatoms. The number of carbonyl (C=O) groups excluding carboxylic acids is 2. The van der Waals surface area contributed by atoms with Crippen LogP contribution in [0.5, 0.6) is 0 Å². The topological polar surface area (TPSA) is 174 Å². The first kappa shape index (κ1) is 42.6. The molecule has 2 spiro atoms. The van der Waals surface area contributed by atoms with Crippen molar-refractivity contribution in [1.82, 2.24) is 33.9 Å². The first-order valence-electron chi connectivity index (χ1n) is 23.4. The lowest BCUT2D eigenvalue weighted by molar-refractivity contribution is -0.135. The van der Waals surface area contributed by atoms with E-state index in [-0.39, 0.29) is 50.7 Å². The first-order valence-corrected chi connectivity index (χ1v) is 25.4. The Hall–Kier alpha value is -5.06. The van der Waals surface area contributed by atoms with Gasteiger partial charge in [-0.3, -0.25) is 33.4 Å². The Morgan fingerprint density at radius 2 is 1.68 bits per heavy atom. The van der Waals surface area contributed by atoms with Crippen LogP contribution >= 0.6 is 11.6 Å². The molecule has 0 radical (unpaired) electrons. The number of pyridine rings is 1. The Morgan fingerprint density at radius 1 is 0.908 bits per heavy atom. The Morgan fingerprint density at radius 3 is 2.40 bits per heavy atom. The Labute approximate surface area is 382 Å². The summed E-state index contributed by atoms with van der Waals surface area (Å²) in [7, 11) is -1.76. The molecule has 342 valence electrons. The van der Waals surface area contributed by atoms with Crippen LogP contribution in [0.2, 0.25) is 5.02 Å². The molecule has 2 N–H and O–H groups in total. The molecule has 3 aromatic heterocycles. The fraction of sp³-hybridized carbons (Fsp3) is 0.542. The summed E-state index contributed by atoms with van der Waals surface area (Å²) in [5, 5.41) is 6.19. The number of piperidine rings is 3. The molecule has 6 aliphatic rings. The van der Waals surface area contributed by atoms with Crippen molar-refractivity contribution in [1.29, 1.82) is 0 Å². The number of hydrogen-bond donors (Lipinski definition) is 2. The van der Waals surface area contributed by atoms with Gasteiger partial charge in [0.25, 0.3) is 5.56 Å². The van der Waals surface area contributed by atoms with Gasteiger partial charge < -0.3 is 15.1 Å². The van der Waals surface area contributed by atoms with Gasteiger partial charge in [0.2, 0.25) is 17.8 Å². The van der Waals surface area contributed by atoms with Gasteiger partial charge in [-0.2, -0.15) is 4.98 Å². The summed E-state index contributed by atoms with van der Waals surface area (Å²) < 4.78 is 33.0. The molecule has 6 heterocycles. The second-order valence-corrected chi connectivity index (χ2v) is 22.8. The standard InChI is InChI=1S/C48H56ClN9O6S/c1-29-23-32(8-9-35(29)51-45-50-27-31-24-34(49)44(61)58(42(31)53-45)39-7-4-14-48(39)15-16-48)65(63,64)33-25-47(26-33)17-21-55(22-18-47)28-30-12-19-56(20-13-30)36-5-3-6-37-41(36)54(2)46(62)57(37)38-10-11-40(59)52-43(38)60/h3,5-6,8-9,23-24,27,30,33,38-39H,4,7,10-22,25-26,28H2,1-2H3,(H,50,51,53)(H,52,59,60). The molecule has 3 saturated heterocycles. The molecule has 11 rings (SSSR count). The van der Waals surface area contributed by atoms with Crippen molar-refractivity contribution in [3.63, 3.8) is 0 Å². The highest BCUT2D eigenvalue weighted by Crippen LogP contribution is 2.63. The number of nitrogens with zero attached hydrogens (tertiary/aromatic N) is 7. The summed E-state index contributed by atoms with van der Waals surface area (Å²) in [4.78, 5) is 66.1. The number of benzene rings is 2. The minimum atomic E-state index is -3.52. The van der Waals surface area contributed by atoms with Crippen LogP contribution in [0.25, 0.3) is 22.1 Å². The molecule has 6 fully saturated rings. The minimum absolute atomic E-state index is 0.0725. The molecular formula is C48H56ClN9O6S. The second-order valence-electron chi connectivity index (χ2n) is 20.1. The quantitative estimate of drug-likeness (QED) is 0.153. The summed E-state index contributed by atoms with van der Waals surface area (Å²) in [6.07, 6.45) is 13.0. The molecule has 2 aromatic carbocycles. The van der Waals surface area contributed by atoms with Crippen LogP contribution in [0.1, 0.15) is 101 Å². The maximum absolute atomic E-state index is 14.0. The number of anilines is 3. The maximum atomic E-state index is 14.0. The number of likely N-dealkylation sites (tertiary alicyclic amines) is 1. The van der Waals surface area contributed by atoms with Crippen LogP contribution < -0.4 is 26.8 Å². The van der Waals surface area contributed by atoms with Crippen molar-refractivity contribution in [2.75, 3.05) is 42.9 Å². The smallest absolute Gasteiger partial charge is 0.329 e. The third-order valence-corrected chi connectivity index (χ3v) is 18.7. The lowest BCUT2D eigenvalue weighted by atomic mass is 9.63. The lowest BCUT2D eigenvalue weighted by Crippen LogP contribution is -2.52. The van der Waals surface area contributed by atoms with Crippen LogP contribution in [-0.4, -0.2) is 86.8 Å². The highest BCUT2D eigenvalue weighted by Gasteiger charge is 2.54. The van der Waals surface area contributed by atoms with Gasteiger partial charge in [-0.1, -0.05) is 24.1 Å². The van der Waals surface area contributed by atoms with Gasteiger partial charge in [-0.05, 0) is 149 Å². The Kier molecular flexibility index (Phi) is 10.3. The average molecular weight is 923 g/mol. The molecule has 65 heavy (non-hydrogen) atoms. The highest BCUT2D eigenvalue weighted by molar-refractivity contribution is 7.92. The zero-order chi connectivity index (χ0) is 45.0. The molecule has 15 nitrogen and oxygen atoms in total. The Bertz CT molecular complexity index is 3010. The van der Waals surface area contributed by atoms with Gasteiger partial charge >= 0.3 is 5.69 Å². The number of rotatable bonds is 9. The van der Waals surface area contributed by atoms with E-state index in [0.717, 1.165) is 107 Å². The van der Waals surface area contributed by atoms with Crippen molar-refractivity contribution in [2.45, 2.75) is 113 Å². The number of amides is 2. The van der Waals surface area contributed by atoms with Crippen LogP contribution in [0.15, 0.2) is 63.1 Å². The number of sulfone groups is 1. The van der Waals surface area contributed by atoms with Crippen molar-refractivity contribution < 1.29 is 18.0 Å². The van der Waals surface area contributed by atoms with E-state index in [1.54, 1.807) is 51.2 Å². The van der Waals surface area contributed by atoms with Gasteiger partial charge in [-0.25, -0.2) is 18.2 Å². The molecule has 0 bridgehead atoms. The molecule has 5 aromatic rings. The van der Waals surface area contributed by atoms with E-state index in [0.29, 0.717) is 58.3 Å². The van der Waals surface area contributed by atoms with Crippen molar-refractivity contribution in [2.24, 2.45) is 23.8 Å². The summed E-state index contributed by atoms with van der Waals surface area (Å²) in [5.41, 5.74) is 4.33. The van der Waals surface area contributed by atoms with Gasteiger partial charge in [0.05, 0.1) is 26.9 Å². The molecule has 2 atom stereocenters. The number of fused-ring (bicyclic) bond motifs is 2. The number of nitrogens with one attached hydrogen (secondary N) is 2. The number of para-hydroxylation sites is 1. The predicted octanol–water partition coefficient (Wildman–Crippen LogP) is 6.57. The third-order valence-electron chi connectivity index (χ3n) is 16.3. The van der Waals surface area contributed by atoms with E-state index in [1.807, 2.05) is 19.1 Å². The number of aromatic nitrogens is 5. The van der Waals surface area contributed by atoms with Gasteiger partial charge in [0.1, 0.15) is 16.7 Å². The van der Waals surface area contributed by atoms with E-state index < -0.39 is 21.8 Å². The third kappa shape index (κ3) is 7.29. The second kappa shape index (κ2) is 15.8. The number of imide groups is 1. The van der Waals surface area contributed by atoms with E-state index in [9.17, 15) is 27.6 Å². The minimum Gasteiger partial charge on any atom is -0.370 e. The predicted molar refractivity (Wildman–Crippen MR) is 250 cm³/mol. The van der Waals surface area contributed by atoms with Crippen molar-refractivity contribution in [3.8, 4) is 0 Å². The fourth-order valence-electron chi connectivity index (χ4n) is 12.3. The number of hydrogen-bond acceptors (Lipinski definition) is 11. The largest absolute Gasteiger partial charge is 0.370 e. The number of aryl methyl sites for hydroxylation is 2. The van der Waals surface area contributed by atoms with Crippen LogP contribution in [0.3, 0.4) is 0 Å². The lowest BCUT2D eigenvalue weighted by Gasteiger charge is -2.52. The number of carbonyl (C=O) groups is 2. The zero-order valence-electron chi connectivity index (χ0n) is 37.0. The number of halogens is 1. The van der Waals surface area contributed by atoms with Crippen LogP contribution in [0.4, 0.5) is 17.3 Å². The van der Waals surface area contributed by atoms with E-state index in [4.69, 9.17) is 16.6 Å². The number of imidazole rings is 1. The summed E-state index contributed by atoms with van der Waals surface area (Å²) in [6, 6.07) is 12.1. The van der Waals surface area contributed by atoms with E-state index in [2.05, 4.69) is 31.5 Å². The van der Waals surface area contributed by atoms with Gasteiger partial charge in [-0.15, -0.1) is 0 Å². The molecule has 3 aliphatic heterocycles. The normalized spacial score (nSPS) is 23.7.